The van der Waals surface area contributed by atoms with E-state index in [4.69, 9.17) is 0 Å². The number of anilines is 1. The standard InChI is InChI=1S/C22H20FNO3S/c1-15-11-13-18(14-12-15)28(26,27)24(21-10-6-7-16(2)17(21)3)22(25)19-8-4-5-9-20(19)23/h4-14H,1-3H3. The van der Waals surface area contributed by atoms with Crippen LogP contribution in [0, 0.1) is 26.6 Å². The van der Waals surface area contributed by atoms with Crippen molar-refractivity contribution in [3.8, 4) is 0 Å². The van der Waals surface area contributed by atoms with E-state index in [-0.39, 0.29) is 16.1 Å². The Bertz CT molecular complexity index is 1140. The first-order valence-corrected chi connectivity index (χ1v) is 10.1. The Balaban J connectivity index is 2.26. The zero-order valence-electron chi connectivity index (χ0n) is 15.8. The summed E-state index contributed by atoms with van der Waals surface area (Å²) in [6, 6.07) is 16.6. The van der Waals surface area contributed by atoms with Crippen molar-refractivity contribution >= 4 is 21.6 Å². The summed E-state index contributed by atoms with van der Waals surface area (Å²) in [7, 11) is -4.26. The lowest BCUT2D eigenvalue weighted by Crippen LogP contribution is -2.38. The maximum Gasteiger partial charge on any atom is 0.275 e. The quantitative estimate of drug-likeness (QED) is 0.636. The van der Waals surface area contributed by atoms with Gasteiger partial charge >= 0.3 is 0 Å². The van der Waals surface area contributed by atoms with Gasteiger partial charge in [-0.3, -0.25) is 4.79 Å². The molecule has 0 atom stereocenters. The summed E-state index contributed by atoms with van der Waals surface area (Å²) >= 11 is 0. The highest BCUT2D eigenvalue weighted by atomic mass is 32.2. The van der Waals surface area contributed by atoms with E-state index in [1.54, 1.807) is 31.2 Å². The van der Waals surface area contributed by atoms with Crippen LogP contribution in [0.5, 0.6) is 0 Å². The number of aryl methyl sites for hydroxylation is 2. The van der Waals surface area contributed by atoms with E-state index >= 15 is 0 Å². The minimum atomic E-state index is -4.26. The van der Waals surface area contributed by atoms with Gasteiger partial charge in [0.2, 0.25) is 0 Å². The smallest absolute Gasteiger partial charge is 0.267 e. The van der Waals surface area contributed by atoms with Crippen LogP contribution in [0.15, 0.2) is 71.6 Å². The molecule has 0 aliphatic carbocycles. The minimum Gasteiger partial charge on any atom is -0.267 e. The van der Waals surface area contributed by atoms with Crippen LogP contribution in [0.25, 0.3) is 0 Å². The van der Waals surface area contributed by atoms with Crippen LogP contribution < -0.4 is 4.31 Å². The molecule has 3 aromatic rings. The highest BCUT2D eigenvalue weighted by molar-refractivity contribution is 7.93. The molecule has 4 nitrogen and oxygen atoms in total. The number of sulfonamides is 1. The van der Waals surface area contributed by atoms with Crippen molar-refractivity contribution in [2.24, 2.45) is 0 Å². The van der Waals surface area contributed by atoms with Gasteiger partial charge in [-0.05, 0) is 62.2 Å². The van der Waals surface area contributed by atoms with Crippen molar-refractivity contribution < 1.29 is 17.6 Å². The fourth-order valence-corrected chi connectivity index (χ4v) is 4.33. The molecule has 0 radical (unpaired) electrons. The molecular formula is C22H20FNO3S. The second kappa shape index (κ2) is 7.56. The van der Waals surface area contributed by atoms with Gasteiger partial charge in [0.15, 0.2) is 0 Å². The molecular weight excluding hydrogens is 377 g/mol. The van der Waals surface area contributed by atoms with Gasteiger partial charge in [-0.1, -0.05) is 42.0 Å². The molecule has 0 unspecified atom stereocenters. The lowest BCUT2D eigenvalue weighted by molar-refractivity contribution is 0.100. The van der Waals surface area contributed by atoms with E-state index in [0.717, 1.165) is 17.2 Å². The summed E-state index contributed by atoms with van der Waals surface area (Å²) in [5.41, 5.74) is 2.23. The Morgan fingerprint density at radius 1 is 0.857 bits per heavy atom. The number of carbonyl (C=O) groups excluding carboxylic acids is 1. The molecule has 3 rings (SSSR count). The predicted octanol–water partition coefficient (Wildman–Crippen LogP) is 4.79. The van der Waals surface area contributed by atoms with E-state index < -0.39 is 21.7 Å². The van der Waals surface area contributed by atoms with E-state index in [1.807, 2.05) is 19.9 Å². The third kappa shape index (κ3) is 3.55. The molecule has 3 aromatic carbocycles. The Morgan fingerprint density at radius 2 is 1.50 bits per heavy atom. The summed E-state index contributed by atoms with van der Waals surface area (Å²) in [5.74, 6) is -1.71. The number of hydrogen-bond donors (Lipinski definition) is 0. The van der Waals surface area contributed by atoms with E-state index in [0.29, 0.717) is 9.87 Å². The molecule has 0 spiro atoms. The average Bonchev–Trinajstić information content (AvgIpc) is 2.66. The summed E-state index contributed by atoms with van der Waals surface area (Å²) in [4.78, 5) is 13.2. The number of nitrogens with zero attached hydrogens (tertiary/aromatic N) is 1. The summed E-state index contributed by atoms with van der Waals surface area (Å²) in [5, 5.41) is 0. The summed E-state index contributed by atoms with van der Waals surface area (Å²) in [6.45, 7) is 5.39. The zero-order chi connectivity index (χ0) is 20.5. The molecule has 144 valence electrons. The van der Waals surface area contributed by atoms with Crippen molar-refractivity contribution in [2.45, 2.75) is 25.7 Å². The Morgan fingerprint density at radius 3 is 2.14 bits per heavy atom. The Kier molecular flexibility index (Phi) is 5.34. The summed E-state index contributed by atoms with van der Waals surface area (Å²) in [6.07, 6.45) is 0. The largest absolute Gasteiger partial charge is 0.275 e. The maximum absolute atomic E-state index is 14.3. The SMILES string of the molecule is Cc1ccc(S(=O)(=O)N(C(=O)c2ccccc2F)c2cccc(C)c2C)cc1. The number of benzene rings is 3. The van der Waals surface area contributed by atoms with Gasteiger partial charge in [-0.2, -0.15) is 4.31 Å². The van der Waals surface area contributed by atoms with Gasteiger partial charge < -0.3 is 0 Å². The van der Waals surface area contributed by atoms with Crippen LogP contribution in [0.1, 0.15) is 27.0 Å². The minimum absolute atomic E-state index is 0.0382. The lowest BCUT2D eigenvalue weighted by Gasteiger charge is -2.25. The molecule has 0 aliphatic rings. The van der Waals surface area contributed by atoms with Gasteiger partial charge in [0.05, 0.1) is 16.1 Å². The van der Waals surface area contributed by atoms with Crippen LogP contribution >= 0.6 is 0 Å². The molecule has 0 saturated heterocycles. The first-order chi connectivity index (χ1) is 13.2. The van der Waals surface area contributed by atoms with Gasteiger partial charge in [0, 0.05) is 0 Å². The van der Waals surface area contributed by atoms with Crippen LogP contribution in [0.4, 0.5) is 10.1 Å². The second-order valence-corrected chi connectivity index (χ2v) is 8.37. The molecule has 0 aromatic heterocycles. The molecule has 0 bridgehead atoms. The highest BCUT2D eigenvalue weighted by Crippen LogP contribution is 2.31. The fraction of sp³-hybridized carbons (Fsp3) is 0.136. The van der Waals surface area contributed by atoms with Gasteiger partial charge in [-0.25, -0.2) is 12.8 Å². The van der Waals surface area contributed by atoms with Gasteiger partial charge in [0.1, 0.15) is 5.82 Å². The molecule has 1 amide bonds. The van der Waals surface area contributed by atoms with Gasteiger partial charge in [0.25, 0.3) is 15.9 Å². The zero-order valence-corrected chi connectivity index (χ0v) is 16.6. The molecule has 0 heterocycles. The van der Waals surface area contributed by atoms with Crippen LogP contribution in [0.3, 0.4) is 0 Å². The molecule has 0 aliphatic heterocycles. The van der Waals surface area contributed by atoms with Gasteiger partial charge in [-0.15, -0.1) is 0 Å². The van der Waals surface area contributed by atoms with Crippen molar-refractivity contribution in [1.82, 2.24) is 0 Å². The van der Waals surface area contributed by atoms with Crippen molar-refractivity contribution in [2.75, 3.05) is 4.31 Å². The Hall–Kier alpha value is -2.99. The molecule has 0 fully saturated rings. The second-order valence-electron chi connectivity index (χ2n) is 6.59. The van der Waals surface area contributed by atoms with Crippen LogP contribution in [-0.2, 0) is 10.0 Å². The predicted molar refractivity (Wildman–Crippen MR) is 107 cm³/mol. The fourth-order valence-electron chi connectivity index (χ4n) is 2.86. The first-order valence-electron chi connectivity index (χ1n) is 8.70. The maximum atomic E-state index is 14.3. The summed E-state index contributed by atoms with van der Waals surface area (Å²) < 4.78 is 41.8. The van der Waals surface area contributed by atoms with Crippen molar-refractivity contribution in [3.05, 3.63) is 94.8 Å². The number of halogens is 1. The third-order valence-electron chi connectivity index (χ3n) is 4.64. The van der Waals surface area contributed by atoms with Crippen LogP contribution in [-0.4, -0.2) is 14.3 Å². The Labute approximate surface area is 164 Å². The average molecular weight is 397 g/mol. The monoisotopic (exact) mass is 397 g/mol. The molecule has 0 saturated carbocycles. The van der Waals surface area contributed by atoms with Crippen molar-refractivity contribution in [1.29, 1.82) is 0 Å². The molecule has 28 heavy (non-hydrogen) atoms. The lowest BCUT2D eigenvalue weighted by atomic mass is 10.1. The highest BCUT2D eigenvalue weighted by Gasteiger charge is 2.34. The number of amides is 1. The first kappa shape index (κ1) is 19.8. The van der Waals surface area contributed by atoms with Crippen LogP contribution in [0.2, 0.25) is 0 Å². The normalized spacial score (nSPS) is 11.3. The number of hydrogen-bond acceptors (Lipinski definition) is 3. The number of carbonyl (C=O) groups is 1. The van der Waals surface area contributed by atoms with Crippen molar-refractivity contribution in [3.63, 3.8) is 0 Å². The third-order valence-corrected chi connectivity index (χ3v) is 6.35. The molecule has 6 heteroatoms. The topological polar surface area (TPSA) is 54.5 Å². The van der Waals surface area contributed by atoms with E-state index in [9.17, 15) is 17.6 Å². The van der Waals surface area contributed by atoms with E-state index in [1.165, 1.54) is 30.3 Å². The van der Waals surface area contributed by atoms with E-state index in [2.05, 4.69) is 0 Å². The molecule has 0 N–H and O–H groups in total. The number of rotatable bonds is 4.